The Kier molecular flexibility index (Phi) is 6.31. The van der Waals surface area contributed by atoms with Gasteiger partial charge in [-0.25, -0.2) is 18.7 Å². The Morgan fingerprint density at radius 2 is 1.73 bits per heavy atom. The summed E-state index contributed by atoms with van der Waals surface area (Å²) in [6.07, 6.45) is 6.93. The van der Waals surface area contributed by atoms with Crippen molar-refractivity contribution < 1.29 is 8.78 Å². The van der Waals surface area contributed by atoms with Crippen molar-refractivity contribution in [1.82, 2.24) is 14.9 Å². The molecule has 3 aromatic rings. The standard InChI is InChI=1S/C24H22F2N4/c25-23-10-9-21(12-24(23)26)29-22-2-1-11-30(16-22)15-19-6-3-18(4-7-19)5-8-20-13-27-17-28-14-20/h3-4,6-7,9-10,12-14,17,22,29H,1-2,11,15-16H2/t22-/m0/s1. The molecule has 1 fully saturated rings. The number of hydrogen-bond donors (Lipinski definition) is 1. The second kappa shape index (κ2) is 9.47. The van der Waals surface area contributed by atoms with Crippen LogP contribution in [0, 0.1) is 23.5 Å². The minimum Gasteiger partial charge on any atom is -0.381 e. The van der Waals surface area contributed by atoms with Crippen molar-refractivity contribution in [2.45, 2.75) is 25.4 Å². The quantitative estimate of drug-likeness (QED) is 0.661. The number of likely N-dealkylation sites (tertiary alicyclic amines) is 1. The van der Waals surface area contributed by atoms with E-state index >= 15 is 0 Å². The topological polar surface area (TPSA) is 41.0 Å². The lowest BCUT2D eigenvalue weighted by atomic mass is 10.0. The van der Waals surface area contributed by atoms with E-state index in [1.54, 1.807) is 18.5 Å². The second-order valence-electron chi connectivity index (χ2n) is 7.42. The number of rotatable bonds is 4. The van der Waals surface area contributed by atoms with Crippen molar-refractivity contribution in [3.63, 3.8) is 0 Å². The van der Waals surface area contributed by atoms with E-state index < -0.39 is 11.6 Å². The molecule has 1 atom stereocenters. The number of anilines is 1. The molecular formula is C24H22F2N4. The van der Waals surface area contributed by atoms with Crippen LogP contribution in [0.3, 0.4) is 0 Å². The monoisotopic (exact) mass is 404 g/mol. The van der Waals surface area contributed by atoms with Gasteiger partial charge < -0.3 is 5.32 Å². The van der Waals surface area contributed by atoms with Crippen LogP contribution in [0.1, 0.15) is 29.5 Å². The zero-order valence-electron chi connectivity index (χ0n) is 16.5. The summed E-state index contributed by atoms with van der Waals surface area (Å²) in [6, 6.07) is 12.4. The van der Waals surface area contributed by atoms with Gasteiger partial charge in [-0.3, -0.25) is 4.90 Å². The van der Waals surface area contributed by atoms with E-state index in [1.165, 1.54) is 18.0 Å². The Labute approximate surface area is 175 Å². The maximum atomic E-state index is 13.4. The number of nitrogens with zero attached hydrogens (tertiary/aromatic N) is 3. The summed E-state index contributed by atoms with van der Waals surface area (Å²) in [4.78, 5) is 10.3. The van der Waals surface area contributed by atoms with Crippen LogP contribution in [0.25, 0.3) is 0 Å². The first-order chi connectivity index (χ1) is 14.7. The van der Waals surface area contributed by atoms with Gasteiger partial charge in [-0.15, -0.1) is 0 Å². The predicted molar refractivity (Wildman–Crippen MR) is 113 cm³/mol. The number of aromatic nitrogens is 2. The molecule has 0 amide bonds. The highest BCUT2D eigenvalue weighted by atomic mass is 19.2. The van der Waals surface area contributed by atoms with Gasteiger partial charge in [0, 0.05) is 48.8 Å². The van der Waals surface area contributed by atoms with E-state index in [0.717, 1.165) is 49.7 Å². The van der Waals surface area contributed by atoms with Crippen LogP contribution in [0.4, 0.5) is 14.5 Å². The third kappa shape index (κ3) is 5.40. The Morgan fingerprint density at radius 1 is 0.967 bits per heavy atom. The molecule has 30 heavy (non-hydrogen) atoms. The molecule has 1 aliphatic rings. The van der Waals surface area contributed by atoms with Gasteiger partial charge in [0.25, 0.3) is 0 Å². The summed E-state index contributed by atoms with van der Waals surface area (Å²) in [7, 11) is 0. The van der Waals surface area contributed by atoms with Crippen molar-refractivity contribution in [3.8, 4) is 11.8 Å². The highest BCUT2D eigenvalue weighted by molar-refractivity contribution is 5.45. The fraction of sp³-hybridized carbons (Fsp3) is 0.250. The van der Waals surface area contributed by atoms with Crippen LogP contribution in [0.2, 0.25) is 0 Å². The van der Waals surface area contributed by atoms with Crippen LogP contribution in [-0.4, -0.2) is 34.0 Å². The molecule has 1 aromatic heterocycles. The van der Waals surface area contributed by atoms with Gasteiger partial charge in [-0.1, -0.05) is 24.0 Å². The molecule has 1 N–H and O–H groups in total. The number of halogens is 2. The Bertz CT molecular complexity index is 1040. The molecule has 0 spiro atoms. The SMILES string of the molecule is Fc1ccc(N[C@H]2CCCN(Cc3ccc(C#Cc4cncnc4)cc3)C2)cc1F. The third-order valence-electron chi connectivity index (χ3n) is 5.07. The van der Waals surface area contributed by atoms with Gasteiger partial charge >= 0.3 is 0 Å². The van der Waals surface area contributed by atoms with E-state index in [-0.39, 0.29) is 6.04 Å². The molecule has 6 heteroatoms. The first-order valence-corrected chi connectivity index (χ1v) is 9.95. The molecule has 2 aromatic carbocycles. The number of piperidine rings is 1. The maximum absolute atomic E-state index is 13.4. The Morgan fingerprint density at radius 3 is 2.50 bits per heavy atom. The minimum absolute atomic E-state index is 0.210. The lowest BCUT2D eigenvalue weighted by Gasteiger charge is -2.33. The largest absolute Gasteiger partial charge is 0.381 e. The van der Waals surface area contributed by atoms with Gasteiger partial charge in [0.1, 0.15) is 6.33 Å². The molecule has 2 heterocycles. The summed E-state index contributed by atoms with van der Waals surface area (Å²) in [5, 5.41) is 3.33. The summed E-state index contributed by atoms with van der Waals surface area (Å²) >= 11 is 0. The molecule has 0 bridgehead atoms. The maximum Gasteiger partial charge on any atom is 0.160 e. The Hall–Kier alpha value is -3.30. The predicted octanol–water partition coefficient (Wildman–Crippen LogP) is 4.23. The number of nitrogens with one attached hydrogen (secondary N) is 1. The van der Waals surface area contributed by atoms with E-state index in [0.29, 0.717) is 5.69 Å². The van der Waals surface area contributed by atoms with Crippen molar-refractivity contribution in [2.75, 3.05) is 18.4 Å². The summed E-state index contributed by atoms with van der Waals surface area (Å²) in [6.45, 7) is 2.72. The fourth-order valence-corrected chi connectivity index (χ4v) is 3.60. The molecule has 0 unspecified atom stereocenters. The molecular weight excluding hydrogens is 382 g/mol. The molecule has 0 radical (unpaired) electrons. The molecule has 0 aliphatic carbocycles. The summed E-state index contributed by atoms with van der Waals surface area (Å²) < 4.78 is 26.6. The molecule has 152 valence electrons. The van der Waals surface area contributed by atoms with Gasteiger partial charge in [0.15, 0.2) is 11.6 Å². The lowest BCUT2D eigenvalue weighted by Crippen LogP contribution is -2.41. The van der Waals surface area contributed by atoms with Crippen LogP contribution in [0.5, 0.6) is 0 Å². The van der Waals surface area contributed by atoms with E-state index in [2.05, 4.69) is 44.2 Å². The average molecular weight is 404 g/mol. The van der Waals surface area contributed by atoms with Crippen LogP contribution in [-0.2, 0) is 6.54 Å². The zero-order valence-corrected chi connectivity index (χ0v) is 16.5. The number of hydrogen-bond acceptors (Lipinski definition) is 4. The van der Waals surface area contributed by atoms with E-state index in [9.17, 15) is 8.78 Å². The first kappa shape index (κ1) is 20.0. The van der Waals surface area contributed by atoms with Crippen LogP contribution < -0.4 is 5.32 Å². The third-order valence-corrected chi connectivity index (χ3v) is 5.07. The van der Waals surface area contributed by atoms with Crippen molar-refractivity contribution in [2.24, 2.45) is 0 Å². The Balaban J connectivity index is 1.33. The molecule has 4 nitrogen and oxygen atoms in total. The zero-order chi connectivity index (χ0) is 20.8. The first-order valence-electron chi connectivity index (χ1n) is 9.95. The van der Waals surface area contributed by atoms with E-state index in [4.69, 9.17) is 0 Å². The minimum atomic E-state index is -0.823. The van der Waals surface area contributed by atoms with Crippen molar-refractivity contribution in [3.05, 3.63) is 89.5 Å². The molecule has 0 saturated carbocycles. The highest BCUT2D eigenvalue weighted by Gasteiger charge is 2.20. The lowest BCUT2D eigenvalue weighted by molar-refractivity contribution is 0.208. The van der Waals surface area contributed by atoms with Crippen LogP contribution >= 0.6 is 0 Å². The summed E-state index contributed by atoms with van der Waals surface area (Å²) in [5.74, 6) is 4.53. The van der Waals surface area contributed by atoms with Crippen molar-refractivity contribution in [1.29, 1.82) is 0 Å². The van der Waals surface area contributed by atoms with Crippen molar-refractivity contribution >= 4 is 5.69 Å². The highest BCUT2D eigenvalue weighted by Crippen LogP contribution is 2.20. The normalized spacial score (nSPS) is 16.5. The van der Waals surface area contributed by atoms with Crippen LogP contribution in [0.15, 0.2) is 61.2 Å². The van der Waals surface area contributed by atoms with E-state index in [1.807, 2.05) is 12.1 Å². The molecule has 1 saturated heterocycles. The van der Waals surface area contributed by atoms with Gasteiger partial charge in [-0.05, 0) is 49.2 Å². The summed E-state index contributed by atoms with van der Waals surface area (Å²) in [5.41, 5.74) is 3.57. The average Bonchev–Trinajstić information content (AvgIpc) is 2.77. The molecule has 4 rings (SSSR count). The second-order valence-corrected chi connectivity index (χ2v) is 7.42. The fourth-order valence-electron chi connectivity index (χ4n) is 3.60. The smallest absolute Gasteiger partial charge is 0.160 e. The van der Waals surface area contributed by atoms with Gasteiger partial charge in [0.2, 0.25) is 0 Å². The number of benzene rings is 2. The van der Waals surface area contributed by atoms with Gasteiger partial charge in [-0.2, -0.15) is 0 Å². The molecule has 1 aliphatic heterocycles. The van der Waals surface area contributed by atoms with Gasteiger partial charge in [0.05, 0.1) is 5.56 Å².